The van der Waals surface area contributed by atoms with Crippen LogP contribution in [0.2, 0.25) is 0 Å². The fourth-order valence-electron chi connectivity index (χ4n) is 3.53. The van der Waals surface area contributed by atoms with Crippen LogP contribution in [0.25, 0.3) is 16.7 Å². The Kier molecular flexibility index (Phi) is 7.06. The number of amides is 2. The number of aromatic nitrogens is 4. The van der Waals surface area contributed by atoms with E-state index < -0.39 is 0 Å². The second-order valence-corrected chi connectivity index (χ2v) is 9.01. The normalized spacial score (nSPS) is 12.0. The van der Waals surface area contributed by atoms with Crippen LogP contribution < -0.4 is 20.9 Å². The molecule has 0 fully saturated rings. The van der Waals surface area contributed by atoms with E-state index in [0.29, 0.717) is 38.8 Å². The van der Waals surface area contributed by atoms with Crippen LogP contribution in [0.4, 0.5) is 5.69 Å². The smallest absolute Gasteiger partial charge is 0.262 e. The number of nitrogens with one attached hydrogen (secondary N) is 2. The number of rotatable bonds is 8. The number of carbonyl (C=O) groups is 2. The zero-order chi connectivity index (χ0) is 25.1. The van der Waals surface area contributed by atoms with Gasteiger partial charge in [-0.3, -0.25) is 23.4 Å². The van der Waals surface area contributed by atoms with Crippen LogP contribution in [-0.4, -0.2) is 49.9 Å². The summed E-state index contributed by atoms with van der Waals surface area (Å²) in [5, 5.41) is 15.0. The van der Waals surface area contributed by atoms with E-state index >= 15 is 0 Å². The van der Waals surface area contributed by atoms with E-state index in [1.807, 2.05) is 13.8 Å². The third-order valence-corrected chi connectivity index (χ3v) is 6.56. The third kappa shape index (κ3) is 4.99. The molecule has 2 heterocycles. The molecular formula is C24H26N6O4S. The van der Waals surface area contributed by atoms with Crippen molar-refractivity contribution in [3.05, 3.63) is 58.4 Å². The number of aryl methyl sites for hydroxylation is 1. The maximum absolute atomic E-state index is 12.9. The number of benzene rings is 2. The topological polar surface area (TPSA) is 120 Å². The van der Waals surface area contributed by atoms with Gasteiger partial charge in [0, 0.05) is 30.4 Å². The Bertz CT molecular complexity index is 1480. The lowest BCUT2D eigenvalue weighted by molar-refractivity contribution is -0.113. The zero-order valence-electron chi connectivity index (χ0n) is 19.9. The summed E-state index contributed by atoms with van der Waals surface area (Å²) in [4.78, 5) is 38.1. The van der Waals surface area contributed by atoms with Crippen molar-refractivity contribution < 1.29 is 14.3 Å². The van der Waals surface area contributed by atoms with Crippen LogP contribution in [0.5, 0.6) is 5.75 Å². The molecular weight excluding hydrogens is 468 g/mol. The predicted molar refractivity (Wildman–Crippen MR) is 135 cm³/mol. The van der Waals surface area contributed by atoms with Gasteiger partial charge in [-0.15, -0.1) is 10.2 Å². The number of hydrogen-bond acceptors (Lipinski definition) is 7. The molecule has 0 radical (unpaired) electrons. The van der Waals surface area contributed by atoms with Gasteiger partial charge in [-0.25, -0.2) is 0 Å². The number of fused-ring (bicyclic) bond motifs is 3. The van der Waals surface area contributed by atoms with Crippen molar-refractivity contribution in [2.24, 2.45) is 7.05 Å². The van der Waals surface area contributed by atoms with Gasteiger partial charge in [0.05, 0.1) is 23.8 Å². The highest BCUT2D eigenvalue weighted by Crippen LogP contribution is 2.23. The van der Waals surface area contributed by atoms with E-state index in [-0.39, 0.29) is 29.2 Å². The predicted octanol–water partition coefficient (Wildman–Crippen LogP) is 2.85. The van der Waals surface area contributed by atoms with E-state index in [1.165, 1.54) is 16.3 Å². The summed E-state index contributed by atoms with van der Waals surface area (Å²) < 4.78 is 8.28. The minimum Gasteiger partial charge on any atom is -0.497 e. The molecule has 0 bridgehead atoms. The average Bonchev–Trinajstić information content (AvgIpc) is 3.30. The van der Waals surface area contributed by atoms with E-state index in [2.05, 4.69) is 20.8 Å². The number of thioether (sulfide) groups is 1. The maximum atomic E-state index is 12.9. The van der Waals surface area contributed by atoms with Crippen molar-refractivity contribution in [2.75, 3.05) is 18.2 Å². The lowest BCUT2D eigenvalue weighted by atomic mass is 10.1. The molecule has 2 aromatic carbocycles. The summed E-state index contributed by atoms with van der Waals surface area (Å²) in [6.07, 6.45) is 0.800. The molecule has 11 heteroatoms. The molecule has 0 aliphatic rings. The number of hydrogen-bond donors (Lipinski definition) is 2. The molecule has 0 aliphatic carbocycles. The maximum Gasteiger partial charge on any atom is 0.262 e. The molecule has 0 saturated carbocycles. The van der Waals surface area contributed by atoms with Gasteiger partial charge in [-0.05, 0) is 43.7 Å². The van der Waals surface area contributed by atoms with E-state index in [1.54, 1.807) is 61.0 Å². The van der Waals surface area contributed by atoms with Crippen molar-refractivity contribution in [2.45, 2.75) is 31.5 Å². The Morgan fingerprint density at radius 2 is 1.97 bits per heavy atom. The highest BCUT2D eigenvalue weighted by atomic mass is 32.2. The van der Waals surface area contributed by atoms with Crippen LogP contribution in [0.15, 0.2) is 52.4 Å². The molecule has 0 spiro atoms. The summed E-state index contributed by atoms with van der Waals surface area (Å²) in [5.74, 6) is 0.561. The Balaban J connectivity index is 1.66. The molecule has 0 aliphatic heterocycles. The summed E-state index contributed by atoms with van der Waals surface area (Å²) in [6, 6.07) is 12.0. The first-order valence-corrected chi connectivity index (χ1v) is 12.1. The summed E-state index contributed by atoms with van der Waals surface area (Å²) in [5.41, 5.74) is 1.29. The zero-order valence-corrected chi connectivity index (χ0v) is 20.7. The van der Waals surface area contributed by atoms with Crippen molar-refractivity contribution in [3.8, 4) is 5.75 Å². The van der Waals surface area contributed by atoms with Crippen molar-refractivity contribution in [3.63, 3.8) is 0 Å². The first kappa shape index (κ1) is 24.3. The van der Waals surface area contributed by atoms with Crippen LogP contribution in [-0.2, 0) is 11.8 Å². The monoisotopic (exact) mass is 494 g/mol. The van der Waals surface area contributed by atoms with Gasteiger partial charge < -0.3 is 15.4 Å². The molecule has 4 rings (SSSR count). The molecule has 0 saturated heterocycles. The minimum absolute atomic E-state index is 0.0194. The van der Waals surface area contributed by atoms with Gasteiger partial charge >= 0.3 is 0 Å². The van der Waals surface area contributed by atoms with Gasteiger partial charge in [-0.1, -0.05) is 24.8 Å². The fourth-order valence-corrected chi connectivity index (χ4v) is 4.27. The number of methoxy groups -OCH3 is 1. The number of carbonyl (C=O) groups excluding carboxylic acids is 2. The van der Waals surface area contributed by atoms with E-state index in [0.717, 1.165) is 6.42 Å². The molecule has 2 amide bonds. The Morgan fingerprint density at radius 3 is 2.71 bits per heavy atom. The molecule has 10 nitrogen and oxygen atoms in total. The first-order valence-electron chi connectivity index (χ1n) is 11.1. The highest BCUT2D eigenvalue weighted by Gasteiger charge is 2.18. The lowest BCUT2D eigenvalue weighted by Gasteiger charge is -2.13. The van der Waals surface area contributed by atoms with Gasteiger partial charge in [0.25, 0.3) is 11.5 Å². The molecule has 1 atom stereocenters. The Morgan fingerprint density at radius 1 is 1.17 bits per heavy atom. The highest BCUT2D eigenvalue weighted by molar-refractivity contribution is 7.99. The SMILES string of the molecule is CCC(C)NC(=O)c1ccc2c(=O)n(C)c3nnc(SCC(=O)Nc4cccc(OC)c4)n3c2c1. The standard InChI is InChI=1S/C24H26N6O4S/c1-5-14(2)25-21(32)15-9-10-18-19(11-15)30-23(29(3)22(18)33)27-28-24(30)35-13-20(31)26-16-7-6-8-17(12-16)34-4/h6-12,14H,5,13H2,1-4H3,(H,25,32)(H,26,31). The van der Waals surface area contributed by atoms with Crippen LogP contribution in [0.3, 0.4) is 0 Å². The van der Waals surface area contributed by atoms with Crippen molar-refractivity contribution >= 4 is 45.9 Å². The summed E-state index contributed by atoms with van der Waals surface area (Å²) in [7, 11) is 3.17. The third-order valence-electron chi connectivity index (χ3n) is 5.63. The second kappa shape index (κ2) is 10.2. The largest absolute Gasteiger partial charge is 0.497 e. The van der Waals surface area contributed by atoms with Crippen LogP contribution in [0.1, 0.15) is 30.6 Å². The second-order valence-electron chi connectivity index (χ2n) is 8.07. The van der Waals surface area contributed by atoms with Gasteiger partial charge in [0.1, 0.15) is 5.75 Å². The summed E-state index contributed by atoms with van der Waals surface area (Å²) >= 11 is 1.18. The average molecular weight is 495 g/mol. The van der Waals surface area contributed by atoms with Crippen LogP contribution in [0, 0.1) is 0 Å². The summed E-state index contributed by atoms with van der Waals surface area (Å²) in [6.45, 7) is 3.92. The first-order chi connectivity index (χ1) is 16.8. The van der Waals surface area contributed by atoms with Crippen molar-refractivity contribution in [1.29, 1.82) is 0 Å². The Labute approximate surface area is 205 Å². The van der Waals surface area contributed by atoms with E-state index in [9.17, 15) is 14.4 Å². The van der Waals surface area contributed by atoms with Gasteiger partial charge in [-0.2, -0.15) is 0 Å². The molecule has 2 aromatic heterocycles. The number of anilines is 1. The van der Waals surface area contributed by atoms with Gasteiger partial charge in [0.15, 0.2) is 5.16 Å². The number of nitrogens with zero attached hydrogens (tertiary/aromatic N) is 4. The molecule has 35 heavy (non-hydrogen) atoms. The van der Waals surface area contributed by atoms with Crippen LogP contribution >= 0.6 is 11.8 Å². The van der Waals surface area contributed by atoms with Gasteiger partial charge in [0.2, 0.25) is 11.7 Å². The minimum atomic E-state index is -0.249. The lowest BCUT2D eigenvalue weighted by Crippen LogP contribution is -2.32. The fraction of sp³-hybridized carbons (Fsp3) is 0.292. The molecule has 182 valence electrons. The molecule has 2 N–H and O–H groups in total. The molecule has 4 aromatic rings. The molecule has 1 unspecified atom stereocenters. The number of ether oxygens (including phenoxy) is 1. The quantitative estimate of drug-likeness (QED) is 0.362. The Hall–Kier alpha value is -3.86. The van der Waals surface area contributed by atoms with E-state index in [4.69, 9.17) is 4.74 Å². The van der Waals surface area contributed by atoms with Crippen molar-refractivity contribution in [1.82, 2.24) is 24.5 Å².